The molecule has 1 fully saturated rings. The van der Waals surface area contributed by atoms with Crippen LogP contribution in [0.3, 0.4) is 0 Å². The number of nitriles is 1. The van der Waals surface area contributed by atoms with Crippen LogP contribution >= 0.6 is 0 Å². The third kappa shape index (κ3) is 4.64. The second-order valence-corrected chi connectivity index (χ2v) is 6.86. The smallest absolute Gasteiger partial charge is 0.263 e. The van der Waals surface area contributed by atoms with Crippen molar-refractivity contribution in [3.8, 4) is 11.8 Å². The monoisotopic (exact) mass is 348 g/mol. The number of carbonyl (C=O) groups excluding carboxylic acids is 1. The first-order valence-electron chi connectivity index (χ1n) is 9.15. The predicted octanol–water partition coefficient (Wildman–Crippen LogP) is 3.81. The van der Waals surface area contributed by atoms with E-state index >= 15 is 0 Å². The summed E-state index contributed by atoms with van der Waals surface area (Å²) in [5, 5.41) is 8.96. The van der Waals surface area contributed by atoms with Gasteiger partial charge in [-0.3, -0.25) is 4.79 Å². The average molecular weight is 348 g/mol. The molecule has 26 heavy (non-hydrogen) atoms. The minimum atomic E-state index is -0.547. The highest BCUT2D eigenvalue weighted by molar-refractivity contribution is 5.81. The molecule has 3 rings (SSSR count). The molecule has 0 saturated carbocycles. The van der Waals surface area contributed by atoms with E-state index in [1.807, 2.05) is 11.0 Å². The SMILES string of the molecule is C[C@@H](Oc1cccc(C#N)c1)C(=O)N1CCC(Cc2ccccc2)CC1. The molecule has 134 valence electrons. The molecule has 1 aliphatic rings. The quantitative estimate of drug-likeness (QED) is 0.826. The Morgan fingerprint density at radius 2 is 1.92 bits per heavy atom. The zero-order valence-electron chi connectivity index (χ0n) is 15.1. The number of amides is 1. The van der Waals surface area contributed by atoms with Gasteiger partial charge in [-0.15, -0.1) is 0 Å². The van der Waals surface area contributed by atoms with Crippen molar-refractivity contribution >= 4 is 5.91 Å². The minimum Gasteiger partial charge on any atom is -0.481 e. The molecule has 1 atom stereocenters. The van der Waals surface area contributed by atoms with Crippen molar-refractivity contribution in [2.24, 2.45) is 5.92 Å². The molecule has 4 nitrogen and oxygen atoms in total. The molecule has 0 radical (unpaired) electrons. The molecular formula is C22H24N2O2. The van der Waals surface area contributed by atoms with Crippen molar-refractivity contribution in [3.05, 3.63) is 65.7 Å². The van der Waals surface area contributed by atoms with E-state index in [2.05, 4.69) is 30.3 Å². The third-order valence-electron chi connectivity index (χ3n) is 4.92. The summed E-state index contributed by atoms with van der Waals surface area (Å²) in [6, 6.07) is 19.5. The Morgan fingerprint density at radius 3 is 2.62 bits per heavy atom. The lowest BCUT2D eigenvalue weighted by Gasteiger charge is -2.33. The van der Waals surface area contributed by atoms with Gasteiger partial charge in [0, 0.05) is 13.1 Å². The number of likely N-dealkylation sites (tertiary alicyclic amines) is 1. The van der Waals surface area contributed by atoms with Crippen molar-refractivity contribution < 1.29 is 9.53 Å². The van der Waals surface area contributed by atoms with Crippen molar-refractivity contribution in [2.75, 3.05) is 13.1 Å². The highest BCUT2D eigenvalue weighted by Crippen LogP contribution is 2.23. The van der Waals surface area contributed by atoms with Crippen LogP contribution in [-0.2, 0) is 11.2 Å². The van der Waals surface area contributed by atoms with Crippen LogP contribution in [-0.4, -0.2) is 30.0 Å². The Bertz CT molecular complexity index is 774. The summed E-state index contributed by atoms with van der Waals surface area (Å²) in [5.74, 6) is 1.21. The van der Waals surface area contributed by atoms with Crippen molar-refractivity contribution in [1.82, 2.24) is 4.90 Å². The Morgan fingerprint density at radius 1 is 1.19 bits per heavy atom. The maximum atomic E-state index is 12.7. The van der Waals surface area contributed by atoms with Crippen LogP contribution in [0.1, 0.15) is 30.9 Å². The Labute approximate surface area is 155 Å². The molecule has 1 aliphatic heterocycles. The molecule has 1 heterocycles. The van der Waals surface area contributed by atoms with Gasteiger partial charge in [-0.1, -0.05) is 36.4 Å². The Hall–Kier alpha value is -2.80. The number of piperidine rings is 1. The van der Waals surface area contributed by atoms with Gasteiger partial charge >= 0.3 is 0 Å². The van der Waals surface area contributed by atoms with Gasteiger partial charge in [-0.05, 0) is 55.9 Å². The lowest BCUT2D eigenvalue weighted by molar-refractivity contribution is -0.139. The van der Waals surface area contributed by atoms with Crippen LogP contribution in [0.4, 0.5) is 0 Å². The summed E-state index contributed by atoms with van der Waals surface area (Å²) in [7, 11) is 0. The standard InChI is InChI=1S/C22H24N2O2/c1-17(26-21-9-5-8-20(15-21)16-23)22(25)24-12-10-19(11-13-24)14-18-6-3-2-4-7-18/h2-9,15,17,19H,10-14H2,1H3/t17-/m1/s1. The van der Waals surface area contributed by atoms with Gasteiger partial charge in [0.15, 0.2) is 6.10 Å². The van der Waals surface area contributed by atoms with E-state index in [1.54, 1.807) is 31.2 Å². The van der Waals surface area contributed by atoms with Crippen LogP contribution in [0.25, 0.3) is 0 Å². The number of rotatable bonds is 5. The Kier molecular flexibility index (Phi) is 5.91. The summed E-state index contributed by atoms with van der Waals surface area (Å²) in [6.45, 7) is 3.34. The average Bonchev–Trinajstić information content (AvgIpc) is 2.69. The zero-order valence-corrected chi connectivity index (χ0v) is 15.1. The molecular weight excluding hydrogens is 324 g/mol. The van der Waals surface area contributed by atoms with E-state index in [9.17, 15) is 4.79 Å². The van der Waals surface area contributed by atoms with Gasteiger partial charge in [0.25, 0.3) is 5.91 Å². The van der Waals surface area contributed by atoms with Gasteiger partial charge < -0.3 is 9.64 Å². The summed E-state index contributed by atoms with van der Waals surface area (Å²) in [6.07, 6.45) is 2.58. The summed E-state index contributed by atoms with van der Waals surface area (Å²) < 4.78 is 5.75. The molecule has 0 aliphatic carbocycles. The van der Waals surface area contributed by atoms with Gasteiger partial charge in [0.2, 0.25) is 0 Å². The molecule has 4 heteroatoms. The van der Waals surface area contributed by atoms with Crippen LogP contribution in [0.2, 0.25) is 0 Å². The molecule has 0 N–H and O–H groups in total. The number of carbonyl (C=O) groups is 1. The van der Waals surface area contributed by atoms with Gasteiger partial charge in [-0.25, -0.2) is 0 Å². The number of nitrogens with zero attached hydrogens (tertiary/aromatic N) is 2. The number of hydrogen-bond acceptors (Lipinski definition) is 3. The maximum Gasteiger partial charge on any atom is 0.263 e. The first-order valence-corrected chi connectivity index (χ1v) is 9.15. The predicted molar refractivity (Wildman–Crippen MR) is 101 cm³/mol. The fourth-order valence-corrected chi connectivity index (χ4v) is 3.46. The summed E-state index contributed by atoms with van der Waals surface area (Å²) >= 11 is 0. The normalized spacial score (nSPS) is 15.9. The van der Waals surface area contributed by atoms with Gasteiger partial charge in [0.1, 0.15) is 5.75 Å². The van der Waals surface area contributed by atoms with E-state index in [1.165, 1.54) is 5.56 Å². The largest absolute Gasteiger partial charge is 0.481 e. The lowest BCUT2D eigenvalue weighted by Crippen LogP contribution is -2.45. The second kappa shape index (κ2) is 8.53. The molecule has 1 amide bonds. The van der Waals surface area contributed by atoms with Crippen LogP contribution in [0.5, 0.6) is 5.75 Å². The van der Waals surface area contributed by atoms with E-state index < -0.39 is 6.10 Å². The first kappa shape index (κ1) is 18.0. The topological polar surface area (TPSA) is 53.3 Å². The van der Waals surface area contributed by atoms with E-state index in [4.69, 9.17) is 10.00 Å². The van der Waals surface area contributed by atoms with E-state index in [0.29, 0.717) is 17.2 Å². The van der Waals surface area contributed by atoms with Crippen LogP contribution < -0.4 is 4.74 Å². The second-order valence-electron chi connectivity index (χ2n) is 6.86. The van der Waals surface area contributed by atoms with Gasteiger partial charge in [0.05, 0.1) is 11.6 Å². The number of hydrogen-bond donors (Lipinski definition) is 0. The molecule has 0 aromatic heterocycles. The van der Waals surface area contributed by atoms with Gasteiger partial charge in [-0.2, -0.15) is 5.26 Å². The Balaban J connectivity index is 1.50. The summed E-state index contributed by atoms with van der Waals surface area (Å²) in [4.78, 5) is 14.6. The fraction of sp³-hybridized carbons (Fsp3) is 0.364. The lowest BCUT2D eigenvalue weighted by atomic mass is 9.90. The number of ether oxygens (including phenoxy) is 1. The third-order valence-corrected chi connectivity index (χ3v) is 4.92. The van der Waals surface area contributed by atoms with E-state index in [0.717, 1.165) is 32.4 Å². The van der Waals surface area contributed by atoms with Crippen LogP contribution in [0.15, 0.2) is 54.6 Å². The molecule has 2 aromatic rings. The molecule has 0 unspecified atom stereocenters. The highest BCUT2D eigenvalue weighted by Gasteiger charge is 2.27. The number of benzene rings is 2. The molecule has 1 saturated heterocycles. The minimum absolute atomic E-state index is 0.0190. The molecule has 2 aromatic carbocycles. The summed E-state index contributed by atoms with van der Waals surface area (Å²) in [5.41, 5.74) is 1.90. The van der Waals surface area contributed by atoms with Crippen LogP contribution in [0, 0.1) is 17.2 Å². The van der Waals surface area contributed by atoms with Crippen molar-refractivity contribution in [3.63, 3.8) is 0 Å². The first-order chi connectivity index (χ1) is 12.7. The van der Waals surface area contributed by atoms with Crippen molar-refractivity contribution in [1.29, 1.82) is 5.26 Å². The fourth-order valence-electron chi connectivity index (χ4n) is 3.46. The molecule has 0 bridgehead atoms. The zero-order chi connectivity index (χ0) is 18.4. The maximum absolute atomic E-state index is 12.7. The van der Waals surface area contributed by atoms with E-state index in [-0.39, 0.29) is 5.91 Å². The highest BCUT2D eigenvalue weighted by atomic mass is 16.5. The molecule has 0 spiro atoms. The van der Waals surface area contributed by atoms with Crippen molar-refractivity contribution in [2.45, 2.75) is 32.3 Å².